The molecule has 5 rings (SSSR count). The van der Waals surface area contributed by atoms with Crippen LogP contribution in [0.2, 0.25) is 0 Å². The van der Waals surface area contributed by atoms with Crippen LogP contribution in [0.4, 0.5) is 18.3 Å². The van der Waals surface area contributed by atoms with Gasteiger partial charge in [0.05, 0.1) is 33.2 Å². The van der Waals surface area contributed by atoms with Crippen molar-refractivity contribution in [3.63, 3.8) is 0 Å². The second-order valence-electron chi connectivity index (χ2n) is 7.33. The number of hydrogen-bond acceptors (Lipinski definition) is 6. The van der Waals surface area contributed by atoms with Crippen LogP contribution in [-0.2, 0) is 6.18 Å². The molecule has 0 saturated carbocycles. The molecule has 5 aromatic rings. The molecule has 2 aromatic heterocycles. The molecule has 0 unspecified atom stereocenters. The molecule has 0 amide bonds. The number of para-hydroxylation sites is 1. The Kier molecular flexibility index (Phi) is 5.29. The van der Waals surface area contributed by atoms with Crippen LogP contribution in [-0.4, -0.2) is 20.9 Å². The lowest BCUT2D eigenvalue weighted by molar-refractivity contribution is -0.137. The van der Waals surface area contributed by atoms with Gasteiger partial charge in [0, 0.05) is 10.8 Å². The summed E-state index contributed by atoms with van der Waals surface area (Å²) in [4.78, 5) is 17.5. The highest BCUT2D eigenvalue weighted by Gasteiger charge is 2.31. The Hall–Kier alpha value is -4.18. The first-order chi connectivity index (χ1) is 16.3. The highest BCUT2D eigenvalue weighted by atomic mass is 32.1. The molecule has 0 spiro atoms. The molecule has 0 fully saturated rings. The van der Waals surface area contributed by atoms with E-state index in [0.717, 1.165) is 26.9 Å². The summed E-state index contributed by atoms with van der Waals surface area (Å²) in [7, 11) is 0. The van der Waals surface area contributed by atoms with Gasteiger partial charge in [-0.1, -0.05) is 47.7 Å². The predicted octanol–water partition coefficient (Wildman–Crippen LogP) is 5.77. The highest BCUT2D eigenvalue weighted by molar-refractivity contribution is 7.22. The number of nitrogens with one attached hydrogen (secondary N) is 1. The van der Waals surface area contributed by atoms with Crippen molar-refractivity contribution in [3.8, 4) is 11.6 Å². The quantitative estimate of drug-likeness (QED) is 0.253. The summed E-state index contributed by atoms with van der Waals surface area (Å²) in [5.74, 6) is -0.530. The van der Waals surface area contributed by atoms with Crippen molar-refractivity contribution < 1.29 is 18.3 Å². The van der Waals surface area contributed by atoms with E-state index in [1.807, 2.05) is 24.3 Å². The zero-order valence-corrected chi connectivity index (χ0v) is 18.1. The molecule has 10 heteroatoms. The largest absolute Gasteiger partial charge is 0.494 e. The topological polar surface area (TPSA) is 79.5 Å². The molecular formula is C24H15F3N4O2S. The van der Waals surface area contributed by atoms with Crippen LogP contribution < -0.4 is 11.0 Å². The Bertz CT molecular complexity index is 1590. The first-order valence-corrected chi connectivity index (χ1v) is 10.8. The van der Waals surface area contributed by atoms with E-state index in [2.05, 4.69) is 15.5 Å². The predicted molar refractivity (Wildman–Crippen MR) is 127 cm³/mol. The van der Waals surface area contributed by atoms with Crippen molar-refractivity contribution in [2.45, 2.75) is 6.18 Å². The lowest BCUT2D eigenvalue weighted by atomic mass is 10.1. The number of thiazole rings is 1. The van der Waals surface area contributed by atoms with Gasteiger partial charge < -0.3 is 5.11 Å². The molecule has 6 nitrogen and oxygen atoms in total. The molecule has 0 radical (unpaired) electrons. The Morgan fingerprint density at radius 1 is 1.00 bits per heavy atom. The molecule has 34 heavy (non-hydrogen) atoms. The molecule has 3 aromatic carbocycles. The summed E-state index contributed by atoms with van der Waals surface area (Å²) in [6.45, 7) is 0. The third-order valence-corrected chi connectivity index (χ3v) is 6.12. The molecule has 0 atom stereocenters. The van der Waals surface area contributed by atoms with E-state index in [4.69, 9.17) is 0 Å². The van der Waals surface area contributed by atoms with Crippen molar-refractivity contribution in [2.24, 2.45) is 5.10 Å². The third kappa shape index (κ3) is 3.88. The van der Waals surface area contributed by atoms with Gasteiger partial charge in [-0.3, -0.25) is 10.2 Å². The molecule has 170 valence electrons. The molecule has 2 N–H and O–H groups in total. The average molecular weight is 480 g/mol. The maximum atomic E-state index is 13.2. The fourth-order valence-electron chi connectivity index (χ4n) is 3.62. The third-order valence-electron chi connectivity index (χ3n) is 5.18. The zero-order valence-electron chi connectivity index (χ0n) is 17.2. The first-order valence-electron chi connectivity index (χ1n) is 10.0. The van der Waals surface area contributed by atoms with Gasteiger partial charge in [0.15, 0.2) is 0 Å². The summed E-state index contributed by atoms with van der Waals surface area (Å²) < 4.78 is 41.5. The van der Waals surface area contributed by atoms with Crippen molar-refractivity contribution in [2.75, 3.05) is 5.43 Å². The smallest absolute Gasteiger partial charge is 0.416 e. The number of pyridine rings is 1. The van der Waals surface area contributed by atoms with Crippen LogP contribution in [0.5, 0.6) is 5.88 Å². The van der Waals surface area contributed by atoms with Crippen molar-refractivity contribution in [1.82, 2.24) is 9.55 Å². The van der Waals surface area contributed by atoms with Crippen LogP contribution in [0, 0.1) is 0 Å². The molecule has 0 aliphatic carbocycles. The van der Waals surface area contributed by atoms with E-state index in [0.29, 0.717) is 10.5 Å². The van der Waals surface area contributed by atoms with Crippen LogP contribution in [0.15, 0.2) is 82.7 Å². The normalized spacial score (nSPS) is 12.1. The summed E-state index contributed by atoms with van der Waals surface area (Å²) in [5, 5.41) is 16.3. The van der Waals surface area contributed by atoms with E-state index in [1.165, 1.54) is 29.7 Å². The van der Waals surface area contributed by atoms with Gasteiger partial charge in [-0.05, 0) is 36.4 Å². The first kappa shape index (κ1) is 21.7. The molecule has 0 aliphatic heterocycles. The zero-order chi connectivity index (χ0) is 23.9. The highest BCUT2D eigenvalue weighted by Crippen LogP contribution is 2.32. The molecule has 0 aliphatic rings. The summed E-state index contributed by atoms with van der Waals surface area (Å²) >= 11 is 1.39. The monoisotopic (exact) mass is 480 g/mol. The molecule has 0 bridgehead atoms. The SMILES string of the molecule is O=c1c2ccccc2c(/C=N\Nc2nc3ccccc3s2)c(O)n1-c1cccc(C(F)(F)F)c1. The Morgan fingerprint density at radius 3 is 2.50 bits per heavy atom. The van der Waals surface area contributed by atoms with Crippen LogP contribution >= 0.6 is 11.3 Å². The number of alkyl halides is 3. The van der Waals surface area contributed by atoms with Gasteiger partial charge in [-0.2, -0.15) is 18.3 Å². The van der Waals surface area contributed by atoms with E-state index in [9.17, 15) is 23.1 Å². The second-order valence-corrected chi connectivity index (χ2v) is 8.36. The van der Waals surface area contributed by atoms with Crippen molar-refractivity contribution in [1.29, 1.82) is 0 Å². The Morgan fingerprint density at radius 2 is 1.74 bits per heavy atom. The standard InChI is InChI=1S/C24H15F3N4O2S/c25-24(26,27)14-6-5-7-15(12-14)31-21(32)17-9-2-1-8-16(17)18(22(31)33)13-28-30-23-29-19-10-3-4-11-20(19)34-23/h1-13,33H,(H,29,30)/b28-13-. The number of hydrogen-bond donors (Lipinski definition) is 2. The summed E-state index contributed by atoms with van der Waals surface area (Å²) in [5.41, 5.74) is 2.08. The fourth-order valence-corrected chi connectivity index (χ4v) is 4.44. The van der Waals surface area contributed by atoms with Crippen LogP contribution in [0.1, 0.15) is 11.1 Å². The van der Waals surface area contributed by atoms with Gasteiger partial charge >= 0.3 is 6.18 Å². The number of halogens is 3. The minimum absolute atomic E-state index is 0.114. The number of benzene rings is 3. The van der Waals surface area contributed by atoms with E-state index >= 15 is 0 Å². The summed E-state index contributed by atoms with van der Waals surface area (Å²) in [6.07, 6.45) is -3.29. The molecule has 2 heterocycles. The number of fused-ring (bicyclic) bond motifs is 2. The van der Waals surface area contributed by atoms with E-state index in [-0.39, 0.29) is 16.6 Å². The molecular weight excluding hydrogens is 465 g/mol. The van der Waals surface area contributed by atoms with Gasteiger partial charge in [0.25, 0.3) is 5.56 Å². The lowest BCUT2D eigenvalue weighted by Crippen LogP contribution is -2.20. The summed E-state index contributed by atoms with van der Waals surface area (Å²) in [6, 6.07) is 18.3. The maximum absolute atomic E-state index is 13.2. The minimum Gasteiger partial charge on any atom is -0.494 e. The maximum Gasteiger partial charge on any atom is 0.416 e. The van der Waals surface area contributed by atoms with Crippen molar-refractivity contribution in [3.05, 3.63) is 94.3 Å². The average Bonchev–Trinajstić information content (AvgIpc) is 3.24. The van der Waals surface area contributed by atoms with Crippen LogP contribution in [0.25, 0.3) is 26.7 Å². The van der Waals surface area contributed by atoms with Gasteiger partial charge in [-0.25, -0.2) is 9.55 Å². The van der Waals surface area contributed by atoms with Gasteiger partial charge in [-0.15, -0.1) is 0 Å². The minimum atomic E-state index is -4.60. The van der Waals surface area contributed by atoms with Gasteiger partial charge in [0.1, 0.15) is 0 Å². The van der Waals surface area contributed by atoms with Crippen LogP contribution in [0.3, 0.4) is 0 Å². The Labute approximate surface area is 194 Å². The number of hydrazone groups is 1. The Balaban J connectivity index is 1.62. The van der Waals surface area contributed by atoms with E-state index in [1.54, 1.807) is 24.3 Å². The van der Waals surface area contributed by atoms with Crippen molar-refractivity contribution >= 4 is 43.7 Å². The fraction of sp³-hybridized carbons (Fsp3) is 0.0417. The van der Waals surface area contributed by atoms with E-state index < -0.39 is 23.2 Å². The number of rotatable bonds is 4. The second kappa shape index (κ2) is 8.31. The molecule has 0 saturated heterocycles. The van der Waals surface area contributed by atoms with Gasteiger partial charge in [0.2, 0.25) is 11.0 Å². The number of anilines is 1. The lowest BCUT2D eigenvalue weighted by Gasteiger charge is -2.15. The number of aromatic nitrogens is 2. The number of aromatic hydroxyl groups is 1. The number of nitrogens with zero attached hydrogens (tertiary/aromatic N) is 3.